The lowest BCUT2D eigenvalue weighted by Crippen LogP contribution is -2.38. The molecule has 0 spiro atoms. The molecule has 0 radical (unpaired) electrons. The molecule has 1 aliphatic rings. The number of carbonyl (C=O) groups is 2. The Bertz CT molecular complexity index is 1190. The van der Waals surface area contributed by atoms with Crippen molar-refractivity contribution < 1.29 is 27.2 Å². The number of fused-ring (bicyclic) bond motifs is 1. The summed E-state index contributed by atoms with van der Waals surface area (Å²) in [5.74, 6) is -0.730. The number of amides is 1. The van der Waals surface area contributed by atoms with Crippen LogP contribution in [0.2, 0.25) is 0 Å². The molecule has 1 fully saturated rings. The molecule has 0 bridgehead atoms. The molecule has 1 N–H and O–H groups in total. The van der Waals surface area contributed by atoms with Crippen molar-refractivity contribution >= 4 is 44.6 Å². The number of rotatable bonds is 7. The normalized spacial score (nSPS) is 17.5. The summed E-state index contributed by atoms with van der Waals surface area (Å²) in [4.78, 5) is 28.9. The maximum absolute atomic E-state index is 12.5. The van der Waals surface area contributed by atoms with E-state index < -0.39 is 34.4 Å². The van der Waals surface area contributed by atoms with Crippen molar-refractivity contribution in [2.24, 2.45) is 0 Å². The van der Waals surface area contributed by atoms with Crippen LogP contribution in [0.25, 0.3) is 11.1 Å². The summed E-state index contributed by atoms with van der Waals surface area (Å²) in [5, 5.41) is 3.09. The number of nitrogens with one attached hydrogen (secondary N) is 1. The third kappa shape index (κ3) is 5.45. The van der Waals surface area contributed by atoms with Crippen LogP contribution in [-0.2, 0) is 25.1 Å². The highest BCUT2D eigenvalue weighted by Gasteiger charge is 2.29. The smallest absolute Gasteiger partial charge is 0.338 e. The number of nitrogens with zero attached hydrogens (tertiary/aromatic N) is 1. The molecule has 162 valence electrons. The minimum absolute atomic E-state index is 0.0584. The van der Waals surface area contributed by atoms with Gasteiger partial charge in [-0.3, -0.25) is 4.79 Å². The minimum atomic E-state index is -3.10. The zero-order chi connectivity index (χ0) is 21.8. The number of carbonyl (C=O) groups excluding carboxylic acids is 2. The van der Waals surface area contributed by atoms with Crippen LogP contribution in [-0.4, -0.2) is 49.4 Å². The van der Waals surface area contributed by atoms with Crippen molar-refractivity contribution in [3.05, 3.63) is 59.7 Å². The Morgan fingerprint density at radius 3 is 2.71 bits per heavy atom. The number of para-hydroxylation sites is 2. The fourth-order valence-electron chi connectivity index (χ4n) is 3.28. The molecule has 1 aromatic heterocycles. The van der Waals surface area contributed by atoms with E-state index in [9.17, 15) is 18.0 Å². The summed E-state index contributed by atoms with van der Waals surface area (Å²) in [6.45, 7) is -0.470. The van der Waals surface area contributed by atoms with Crippen molar-refractivity contribution in [3.63, 3.8) is 0 Å². The number of ether oxygens (including phenoxy) is 1. The van der Waals surface area contributed by atoms with Gasteiger partial charge in [-0.25, -0.2) is 18.2 Å². The molecule has 4 rings (SSSR count). The lowest BCUT2D eigenvalue weighted by atomic mass is 10.1. The Morgan fingerprint density at radius 2 is 1.94 bits per heavy atom. The van der Waals surface area contributed by atoms with Gasteiger partial charge in [0.1, 0.15) is 5.52 Å². The van der Waals surface area contributed by atoms with Gasteiger partial charge in [-0.15, -0.1) is 0 Å². The van der Waals surface area contributed by atoms with E-state index in [4.69, 9.17) is 9.15 Å². The summed E-state index contributed by atoms with van der Waals surface area (Å²) in [6, 6.07) is 14.0. The van der Waals surface area contributed by atoms with E-state index in [1.165, 1.54) is 11.8 Å². The fourth-order valence-corrected chi connectivity index (χ4v) is 5.80. The molecular weight excluding hydrogens is 440 g/mol. The molecule has 10 heteroatoms. The van der Waals surface area contributed by atoms with Gasteiger partial charge < -0.3 is 14.5 Å². The average molecular weight is 461 g/mol. The molecule has 0 aliphatic carbocycles. The second kappa shape index (κ2) is 9.11. The number of benzene rings is 2. The third-order valence-corrected chi connectivity index (χ3v) is 7.44. The van der Waals surface area contributed by atoms with Crippen LogP contribution in [0.1, 0.15) is 22.3 Å². The first-order valence-electron chi connectivity index (χ1n) is 9.63. The summed E-state index contributed by atoms with van der Waals surface area (Å²) < 4.78 is 33.8. The van der Waals surface area contributed by atoms with Gasteiger partial charge in [0.25, 0.3) is 11.1 Å². The van der Waals surface area contributed by atoms with Gasteiger partial charge in [0, 0.05) is 11.8 Å². The summed E-state index contributed by atoms with van der Waals surface area (Å²) in [6.07, 6.45) is 0.373. The van der Waals surface area contributed by atoms with Crippen LogP contribution < -0.4 is 5.32 Å². The highest BCUT2D eigenvalue weighted by atomic mass is 32.2. The number of thioether (sulfide) groups is 1. The number of hydrogen-bond donors (Lipinski definition) is 1. The second-order valence-corrected chi connectivity index (χ2v) is 10.3. The highest BCUT2D eigenvalue weighted by Crippen LogP contribution is 2.27. The number of hydrogen-bond acceptors (Lipinski definition) is 8. The summed E-state index contributed by atoms with van der Waals surface area (Å²) >= 11 is 1.35. The molecule has 1 saturated heterocycles. The summed E-state index contributed by atoms with van der Waals surface area (Å²) in [7, 11) is -3.10. The third-order valence-electron chi connectivity index (χ3n) is 4.79. The van der Waals surface area contributed by atoms with Gasteiger partial charge >= 0.3 is 5.97 Å². The number of sulfone groups is 1. The topological polar surface area (TPSA) is 116 Å². The Balaban J connectivity index is 1.33. The van der Waals surface area contributed by atoms with Crippen molar-refractivity contribution in [1.82, 2.24) is 10.3 Å². The molecule has 3 aromatic rings. The molecular formula is C21H20N2O6S2. The molecule has 0 saturated carbocycles. The predicted octanol–water partition coefficient (Wildman–Crippen LogP) is 2.58. The quantitative estimate of drug-likeness (QED) is 0.423. The van der Waals surface area contributed by atoms with E-state index >= 15 is 0 Å². The molecule has 1 aliphatic heterocycles. The van der Waals surface area contributed by atoms with Gasteiger partial charge in [0.05, 0.1) is 17.1 Å². The van der Waals surface area contributed by atoms with Crippen molar-refractivity contribution in [3.8, 4) is 0 Å². The Kier molecular flexibility index (Phi) is 6.28. The molecule has 31 heavy (non-hydrogen) atoms. The number of oxazole rings is 1. The molecule has 8 nitrogen and oxygen atoms in total. The Hall–Kier alpha value is -2.85. The zero-order valence-electron chi connectivity index (χ0n) is 16.4. The fraction of sp³-hybridized carbons (Fsp3) is 0.286. The molecule has 1 unspecified atom stereocenters. The van der Waals surface area contributed by atoms with Crippen LogP contribution in [0.4, 0.5) is 0 Å². The predicted molar refractivity (Wildman–Crippen MR) is 115 cm³/mol. The van der Waals surface area contributed by atoms with E-state index in [1.807, 2.05) is 30.3 Å². The van der Waals surface area contributed by atoms with Gasteiger partial charge in [0.15, 0.2) is 22.0 Å². The zero-order valence-corrected chi connectivity index (χ0v) is 18.1. The van der Waals surface area contributed by atoms with E-state index in [1.54, 1.807) is 18.2 Å². The minimum Gasteiger partial charge on any atom is -0.452 e. The van der Waals surface area contributed by atoms with Crippen LogP contribution in [0, 0.1) is 0 Å². The van der Waals surface area contributed by atoms with Gasteiger partial charge in [0.2, 0.25) is 0 Å². The Morgan fingerprint density at radius 1 is 1.16 bits per heavy atom. The van der Waals surface area contributed by atoms with Crippen LogP contribution in [0.5, 0.6) is 0 Å². The van der Waals surface area contributed by atoms with E-state index in [0.717, 1.165) is 11.1 Å². The van der Waals surface area contributed by atoms with E-state index in [2.05, 4.69) is 10.3 Å². The first-order chi connectivity index (χ1) is 14.9. The highest BCUT2D eigenvalue weighted by molar-refractivity contribution is 7.98. The van der Waals surface area contributed by atoms with Crippen LogP contribution >= 0.6 is 11.8 Å². The maximum Gasteiger partial charge on any atom is 0.338 e. The van der Waals surface area contributed by atoms with Crippen molar-refractivity contribution in [2.75, 3.05) is 18.1 Å². The number of esters is 1. The van der Waals surface area contributed by atoms with Gasteiger partial charge in [-0.05, 0) is 30.2 Å². The first-order valence-corrected chi connectivity index (χ1v) is 12.4. The van der Waals surface area contributed by atoms with Crippen molar-refractivity contribution in [2.45, 2.75) is 23.4 Å². The maximum atomic E-state index is 12.5. The molecule has 1 atom stereocenters. The first kappa shape index (κ1) is 21.4. The van der Waals surface area contributed by atoms with Crippen molar-refractivity contribution in [1.29, 1.82) is 0 Å². The van der Waals surface area contributed by atoms with E-state index in [-0.39, 0.29) is 11.5 Å². The Labute approximate surface area is 183 Å². The molecule has 2 heterocycles. The SMILES string of the molecule is O=C(COC(=O)c1ccccc1CSc1nc2ccccc2o1)NC1CCS(=O)(=O)C1. The van der Waals surface area contributed by atoms with Crippen LogP contribution in [0.3, 0.4) is 0 Å². The average Bonchev–Trinajstić information content (AvgIpc) is 3.32. The second-order valence-electron chi connectivity index (χ2n) is 7.14. The summed E-state index contributed by atoms with van der Waals surface area (Å²) in [5.41, 5.74) is 2.53. The van der Waals surface area contributed by atoms with Gasteiger partial charge in [-0.1, -0.05) is 42.1 Å². The lowest BCUT2D eigenvalue weighted by molar-refractivity contribution is -0.124. The monoisotopic (exact) mass is 460 g/mol. The van der Waals surface area contributed by atoms with E-state index in [0.29, 0.717) is 28.5 Å². The molecule has 2 aromatic carbocycles. The standard InChI is InChI=1S/C21H20N2O6S2/c24-19(22-15-9-10-31(26,27)13-15)11-28-20(25)16-6-2-1-5-14(16)12-30-21-23-17-7-3-4-8-18(17)29-21/h1-8,15H,9-13H2,(H,22,24). The van der Waals surface area contributed by atoms with Gasteiger partial charge in [-0.2, -0.15) is 0 Å². The lowest BCUT2D eigenvalue weighted by Gasteiger charge is -2.12. The number of aromatic nitrogens is 1. The van der Waals surface area contributed by atoms with Crippen LogP contribution in [0.15, 0.2) is 58.2 Å². The largest absolute Gasteiger partial charge is 0.452 e. The molecule has 1 amide bonds.